The third kappa shape index (κ3) is 3.96. The van der Waals surface area contributed by atoms with E-state index >= 15 is 0 Å². The molecule has 1 aliphatic heterocycles. The molecular formula is C17H22ClN3O2. The minimum absolute atomic E-state index is 0.139. The Morgan fingerprint density at radius 3 is 2.35 bits per heavy atom. The van der Waals surface area contributed by atoms with Crippen LogP contribution in [0.1, 0.15) is 25.7 Å². The van der Waals surface area contributed by atoms with Gasteiger partial charge in [-0.15, -0.1) is 0 Å². The van der Waals surface area contributed by atoms with Gasteiger partial charge in [-0.3, -0.25) is 4.79 Å². The highest BCUT2D eigenvalue weighted by molar-refractivity contribution is 6.30. The van der Waals surface area contributed by atoms with Crippen LogP contribution in [-0.2, 0) is 4.79 Å². The van der Waals surface area contributed by atoms with Gasteiger partial charge in [-0.2, -0.15) is 0 Å². The fraction of sp³-hybridized carbons (Fsp3) is 0.529. The molecule has 23 heavy (non-hydrogen) atoms. The van der Waals surface area contributed by atoms with E-state index in [1.54, 1.807) is 23.1 Å². The summed E-state index contributed by atoms with van der Waals surface area (Å²) in [5, 5.41) is 3.44. The second-order valence-electron chi connectivity index (χ2n) is 6.23. The van der Waals surface area contributed by atoms with Gasteiger partial charge in [0.1, 0.15) is 0 Å². The summed E-state index contributed by atoms with van der Waals surface area (Å²) in [6.45, 7) is 2.40. The number of anilines is 1. The lowest BCUT2D eigenvalue weighted by Gasteiger charge is -2.36. The molecule has 0 radical (unpaired) electrons. The Morgan fingerprint density at radius 2 is 1.70 bits per heavy atom. The molecule has 1 saturated heterocycles. The molecule has 1 N–H and O–H groups in total. The second-order valence-corrected chi connectivity index (χ2v) is 6.67. The average Bonchev–Trinajstić information content (AvgIpc) is 3.09. The number of nitrogens with zero attached hydrogens (tertiary/aromatic N) is 2. The summed E-state index contributed by atoms with van der Waals surface area (Å²) >= 11 is 5.92. The topological polar surface area (TPSA) is 52.7 Å². The van der Waals surface area contributed by atoms with E-state index in [4.69, 9.17) is 11.6 Å². The van der Waals surface area contributed by atoms with Gasteiger partial charge in [-0.25, -0.2) is 4.79 Å². The summed E-state index contributed by atoms with van der Waals surface area (Å²) in [5.74, 6) is 0.485. The number of halogens is 1. The van der Waals surface area contributed by atoms with Crippen LogP contribution in [0.5, 0.6) is 0 Å². The average molecular weight is 336 g/mol. The number of nitrogens with one attached hydrogen (secondary N) is 1. The van der Waals surface area contributed by atoms with Crippen molar-refractivity contribution >= 4 is 29.2 Å². The summed E-state index contributed by atoms with van der Waals surface area (Å²) in [4.78, 5) is 28.3. The van der Waals surface area contributed by atoms with E-state index in [0.29, 0.717) is 36.9 Å². The Balaban J connectivity index is 1.50. The minimum atomic E-state index is -0.139. The molecule has 0 bridgehead atoms. The van der Waals surface area contributed by atoms with Gasteiger partial charge in [0.15, 0.2) is 0 Å². The molecule has 0 unspecified atom stereocenters. The number of piperazine rings is 1. The maximum Gasteiger partial charge on any atom is 0.321 e. The molecule has 2 fully saturated rings. The smallest absolute Gasteiger partial charge is 0.321 e. The molecule has 1 aromatic rings. The molecule has 1 aliphatic carbocycles. The summed E-state index contributed by atoms with van der Waals surface area (Å²) in [6, 6.07) is 6.96. The predicted octanol–water partition coefficient (Wildman–Crippen LogP) is 3.21. The Bertz CT molecular complexity index is 579. The molecule has 0 aromatic heterocycles. The second kappa shape index (κ2) is 7.21. The Hall–Kier alpha value is -1.75. The largest absolute Gasteiger partial charge is 0.339 e. The molecule has 6 heteroatoms. The third-order valence-corrected chi connectivity index (χ3v) is 4.89. The summed E-state index contributed by atoms with van der Waals surface area (Å²) in [7, 11) is 0. The summed E-state index contributed by atoms with van der Waals surface area (Å²) < 4.78 is 0. The van der Waals surface area contributed by atoms with Crippen LogP contribution in [0.15, 0.2) is 24.3 Å². The van der Waals surface area contributed by atoms with Crippen LogP contribution in [0.4, 0.5) is 10.5 Å². The maximum absolute atomic E-state index is 12.4. The number of carbonyl (C=O) groups is 2. The van der Waals surface area contributed by atoms with Crippen LogP contribution in [0.25, 0.3) is 0 Å². The van der Waals surface area contributed by atoms with Crippen molar-refractivity contribution in [2.45, 2.75) is 25.7 Å². The van der Waals surface area contributed by atoms with E-state index in [2.05, 4.69) is 5.32 Å². The minimum Gasteiger partial charge on any atom is -0.339 e. The summed E-state index contributed by atoms with van der Waals surface area (Å²) in [6.07, 6.45) is 4.37. The number of hydrogen-bond donors (Lipinski definition) is 1. The van der Waals surface area contributed by atoms with E-state index in [1.807, 2.05) is 11.0 Å². The molecule has 3 amide bonds. The van der Waals surface area contributed by atoms with Crippen molar-refractivity contribution < 1.29 is 9.59 Å². The molecule has 124 valence electrons. The number of carbonyl (C=O) groups excluding carboxylic acids is 2. The third-order valence-electron chi connectivity index (χ3n) is 4.66. The number of benzene rings is 1. The fourth-order valence-corrected chi connectivity index (χ4v) is 3.52. The van der Waals surface area contributed by atoms with Crippen LogP contribution in [0.3, 0.4) is 0 Å². The van der Waals surface area contributed by atoms with Crippen LogP contribution >= 0.6 is 11.6 Å². The molecular weight excluding hydrogens is 314 g/mol. The van der Waals surface area contributed by atoms with Gasteiger partial charge < -0.3 is 15.1 Å². The summed E-state index contributed by atoms with van der Waals surface area (Å²) in [5.41, 5.74) is 0.687. The fourth-order valence-electron chi connectivity index (χ4n) is 3.33. The first-order chi connectivity index (χ1) is 11.1. The van der Waals surface area contributed by atoms with Gasteiger partial charge in [0, 0.05) is 42.8 Å². The number of amides is 3. The van der Waals surface area contributed by atoms with E-state index in [-0.39, 0.29) is 17.9 Å². The van der Waals surface area contributed by atoms with Crippen LogP contribution in [0.2, 0.25) is 5.02 Å². The van der Waals surface area contributed by atoms with Crippen molar-refractivity contribution in [2.24, 2.45) is 5.92 Å². The standard InChI is InChI=1S/C17H22ClN3O2/c18-14-6-3-7-15(12-14)19-17(23)21-10-8-20(9-11-21)16(22)13-4-1-2-5-13/h3,6-7,12-13H,1-2,4-5,8-11H2,(H,19,23). The van der Waals surface area contributed by atoms with Gasteiger partial charge in [0.2, 0.25) is 5.91 Å². The van der Waals surface area contributed by atoms with Gasteiger partial charge >= 0.3 is 6.03 Å². The first kappa shape index (κ1) is 16.1. The Kier molecular flexibility index (Phi) is 5.06. The Morgan fingerprint density at radius 1 is 1.04 bits per heavy atom. The molecule has 1 heterocycles. The van der Waals surface area contributed by atoms with E-state index in [9.17, 15) is 9.59 Å². The predicted molar refractivity (Wildman–Crippen MR) is 90.6 cm³/mol. The first-order valence-electron chi connectivity index (χ1n) is 8.24. The van der Waals surface area contributed by atoms with Crippen LogP contribution in [0, 0.1) is 5.92 Å². The quantitative estimate of drug-likeness (QED) is 0.902. The molecule has 0 atom stereocenters. The van der Waals surface area contributed by atoms with Gasteiger partial charge in [0.25, 0.3) is 0 Å². The number of hydrogen-bond acceptors (Lipinski definition) is 2. The molecule has 0 spiro atoms. The number of urea groups is 1. The van der Waals surface area contributed by atoms with Gasteiger partial charge in [-0.05, 0) is 31.0 Å². The van der Waals surface area contributed by atoms with Crippen LogP contribution in [-0.4, -0.2) is 47.9 Å². The first-order valence-corrected chi connectivity index (χ1v) is 8.61. The SMILES string of the molecule is O=C(Nc1cccc(Cl)c1)N1CCN(C(=O)C2CCCC2)CC1. The van der Waals surface area contributed by atoms with Crippen LogP contribution < -0.4 is 5.32 Å². The van der Waals surface area contributed by atoms with Crippen molar-refractivity contribution in [1.29, 1.82) is 0 Å². The van der Waals surface area contributed by atoms with Crippen molar-refractivity contribution in [3.63, 3.8) is 0 Å². The van der Waals surface area contributed by atoms with Crippen molar-refractivity contribution in [1.82, 2.24) is 9.80 Å². The lowest BCUT2D eigenvalue weighted by molar-refractivity contribution is -0.136. The lowest BCUT2D eigenvalue weighted by Crippen LogP contribution is -2.52. The van der Waals surface area contributed by atoms with E-state index in [1.165, 1.54) is 12.8 Å². The highest BCUT2D eigenvalue weighted by atomic mass is 35.5. The molecule has 3 rings (SSSR count). The molecule has 1 saturated carbocycles. The van der Waals surface area contributed by atoms with Crippen molar-refractivity contribution in [3.8, 4) is 0 Å². The molecule has 2 aliphatic rings. The lowest BCUT2D eigenvalue weighted by atomic mass is 10.1. The molecule has 5 nitrogen and oxygen atoms in total. The normalized spacial score (nSPS) is 19.0. The molecule has 1 aromatic carbocycles. The zero-order valence-electron chi connectivity index (χ0n) is 13.1. The highest BCUT2D eigenvalue weighted by Crippen LogP contribution is 2.27. The van der Waals surface area contributed by atoms with Gasteiger partial charge in [0.05, 0.1) is 0 Å². The maximum atomic E-state index is 12.4. The van der Waals surface area contributed by atoms with Gasteiger partial charge in [-0.1, -0.05) is 30.5 Å². The van der Waals surface area contributed by atoms with E-state index < -0.39 is 0 Å². The van der Waals surface area contributed by atoms with Crippen molar-refractivity contribution in [2.75, 3.05) is 31.5 Å². The van der Waals surface area contributed by atoms with Crippen molar-refractivity contribution in [3.05, 3.63) is 29.3 Å². The zero-order valence-corrected chi connectivity index (χ0v) is 13.9. The zero-order chi connectivity index (χ0) is 16.2. The highest BCUT2D eigenvalue weighted by Gasteiger charge is 2.30. The Labute approximate surface area is 141 Å². The monoisotopic (exact) mass is 335 g/mol. The van der Waals surface area contributed by atoms with E-state index in [0.717, 1.165) is 12.8 Å². The number of rotatable bonds is 2.